The number of carbonyl (C=O) groups excluding carboxylic acids is 3. The van der Waals surface area contributed by atoms with Crippen LogP contribution in [-0.4, -0.2) is 90.6 Å². The zero-order valence-corrected chi connectivity index (χ0v) is 29.5. The highest BCUT2D eigenvalue weighted by molar-refractivity contribution is 6.01. The lowest BCUT2D eigenvalue weighted by Crippen LogP contribution is -2.51. The van der Waals surface area contributed by atoms with Gasteiger partial charge in [0.15, 0.2) is 6.61 Å². The molecule has 3 aromatic rings. The fraction of sp³-hybridized carbons (Fsp3) is 0.436. The van der Waals surface area contributed by atoms with Gasteiger partial charge in [-0.2, -0.15) is 0 Å². The molecule has 270 valence electrons. The van der Waals surface area contributed by atoms with Crippen molar-refractivity contribution in [2.75, 3.05) is 49.8 Å². The van der Waals surface area contributed by atoms with E-state index in [0.717, 1.165) is 24.0 Å². The quantitative estimate of drug-likeness (QED) is 0.241. The van der Waals surface area contributed by atoms with Crippen molar-refractivity contribution < 1.29 is 43.6 Å². The van der Waals surface area contributed by atoms with Crippen LogP contribution in [0.2, 0.25) is 0 Å². The van der Waals surface area contributed by atoms with Gasteiger partial charge in [-0.05, 0) is 99.4 Å². The first-order valence-corrected chi connectivity index (χ1v) is 17.4. The van der Waals surface area contributed by atoms with E-state index < -0.39 is 23.6 Å². The summed E-state index contributed by atoms with van der Waals surface area (Å²) in [5.41, 5.74) is 2.58. The van der Waals surface area contributed by atoms with E-state index in [0.29, 0.717) is 55.2 Å². The van der Waals surface area contributed by atoms with Gasteiger partial charge in [-0.25, -0.2) is 9.59 Å². The van der Waals surface area contributed by atoms with Gasteiger partial charge in [-0.15, -0.1) is 0 Å². The van der Waals surface area contributed by atoms with Gasteiger partial charge in [-0.3, -0.25) is 9.59 Å². The van der Waals surface area contributed by atoms with Crippen LogP contribution < -0.4 is 14.5 Å². The number of methoxy groups -OCH3 is 1. The number of phenols is 1. The van der Waals surface area contributed by atoms with Gasteiger partial charge >= 0.3 is 12.1 Å². The molecule has 0 bridgehead atoms. The number of carboxylic acids is 1. The molecule has 12 heteroatoms. The normalized spacial score (nSPS) is 18.9. The minimum Gasteiger partial charge on any atom is -0.507 e. The number of nitrogens with zero attached hydrogens (tertiary/aromatic N) is 3. The van der Waals surface area contributed by atoms with Crippen LogP contribution in [0.25, 0.3) is 11.1 Å². The number of aromatic hydroxyl groups is 1. The van der Waals surface area contributed by atoms with E-state index in [1.165, 1.54) is 12.1 Å². The van der Waals surface area contributed by atoms with Gasteiger partial charge in [0.1, 0.15) is 22.7 Å². The van der Waals surface area contributed by atoms with Crippen molar-refractivity contribution in [2.45, 2.75) is 64.0 Å². The lowest BCUT2D eigenvalue weighted by atomic mass is 9.78. The number of piperidine rings is 1. The molecule has 2 N–H and O–H groups in total. The molecule has 3 aromatic carbocycles. The molecule has 0 aromatic heterocycles. The number of benzene rings is 3. The molecule has 3 aliphatic rings. The minimum absolute atomic E-state index is 0.0342. The highest BCUT2D eigenvalue weighted by atomic mass is 16.6. The number of hydrogen-bond acceptors (Lipinski definition) is 8. The van der Waals surface area contributed by atoms with E-state index in [1.807, 2.05) is 62.1 Å². The molecule has 1 saturated carbocycles. The Balaban J connectivity index is 1.36. The SMILES string of the molecule is COCCCN1C(=O)COc2ccc(N(C(=O)C3CN(C(=O)OC(C)(C)C)CC[C@@H]3c3cccc(-c4ccc(O)c(C(=O)O)c4)c3)C3CC3)cc21. The second-order valence-corrected chi connectivity index (χ2v) is 14.4. The van der Waals surface area contributed by atoms with Crippen LogP contribution in [0, 0.1) is 5.92 Å². The summed E-state index contributed by atoms with van der Waals surface area (Å²) in [6, 6.07) is 17.6. The van der Waals surface area contributed by atoms with Crippen LogP contribution in [0.5, 0.6) is 11.5 Å². The summed E-state index contributed by atoms with van der Waals surface area (Å²) in [5.74, 6) is -2.19. The first kappa shape index (κ1) is 35.7. The van der Waals surface area contributed by atoms with Crippen LogP contribution in [0.4, 0.5) is 16.2 Å². The van der Waals surface area contributed by atoms with Crippen LogP contribution >= 0.6 is 0 Å². The number of carbonyl (C=O) groups is 4. The number of rotatable bonds is 10. The first-order valence-electron chi connectivity index (χ1n) is 17.4. The van der Waals surface area contributed by atoms with Gasteiger partial charge in [-0.1, -0.05) is 30.3 Å². The number of ether oxygens (including phenoxy) is 3. The Bertz CT molecular complexity index is 1820. The Morgan fingerprint density at radius 2 is 1.76 bits per heavy atom. The molecule has 2 aliphatic heterocycles. The summed E-state index contributed by atoms with van der Waals surface area (Å²) in [6.07, 6.45) is 2.30. The molecule has 1 aliphatic carbocycles. The number of amides is 3. The summed E-state index contributed by atoms with van der Waals surface area (Å²) in [7, 11) is 1.62. The highest BCUT2D eigenvalue weighted by Gasteiger charge is 2.44. The first-order chi connectivity index (χ1) is 24.3. The van der Waals surface area contributed by atoms with E-state index in [2.05, 4.69) is 0 Å². The van der Waals surface area contributed by atoms with Gasteiger partial charge in [0.05, 0.1) is 11.6 Å². The van der Waals surface area contributed by atoms with Gasteiger partial charge in [0.25, 0.3) is 5.91 Å². The van der Waals surface area contributed by atoms with Crippen LogP contribution in [-0.2, 0) is 19.1 Å². The summed E-state index contributed by atoms with van der Waals surface area (Å²) < 4.78 is 16.7. The summed E-state index contributed by atoms with van der Waals surface area (Å²) in [6.45, 7) is 6.84. The fourth-order valence-corrected chi connectivity index (χ4v) is 6.91. The smallest absolute Gasteiger partial charge is 0.410 e. The van der Waals surface area contributed by atoms with E-state index in [1.54, 1.807) is 29.0 Å². The van der Waals surface area contributed by atoms with Gasteiger partial charge in [0, 0.05) is 45.1 Å². The van der Waals surface area contributed by atoms with Gasteiger partial charge in [0.2, 0.25) is 5.91 Å². The molecule has 12 nitrogen and oxygen atoms in total. The van der Waals surface area contributed by atoms with Crippen LogP contribution in [0.15, 0.2) is 60.7 Å². The Morgan fingerprint density at radius 1 is 1.00 bits per heavy atom. The van der Waals surface area contributed by atoms with Crippen molar-refractivity contribution in [2.24, 2.45) is 5.92 Å². The molecule has 0 radical (unpaired) electrons. The summed E-state index contributed by atoms with van der Waals surface area (Å²) >= 11 is 0. The molecule has 2 heterocycles. The molecular formula is C39H45N3O9. The zero-order valence-electron chi connectivity index (χ0n) is 29.5. The topological polar surface area (TPSA) is 146 Å². The standard InChI is InChI=1S/C39H45N3O9/c1-39(2,3)51-38(48)40-17-15-29(26-8-5-7-24(19-26)25-9-13-33(43)30(20-25)37(46)47)31(22-40)36(45)42(27-10-11-27)28-12-14-34-32(21-28)41(16-6-18-49-4)35(44)23-50-34/h5,7-9,12-14,19-21,27,29,31,43H,6,10-11,15-18,22-23H2,1-4H3,(H,46,47)/t29-,31?/m1/s1. The molecule has 2 fully saturated rings. The second kappa shape index (κ2) is 14.6. The molecule has 0 spiro atoms. The van der Waals surface area contributed by atoms with Crippen LogP contribution in [0.1, 0.15) is 68.3 Å². The highest BCUT2D eigenvalue weighted by Crippen LogP contribution is 2.43. The van der Waals surface area contributed by atoms with Crippen molar-refractivity contribution >= 4 is 35.3 Å². The maximum Gasteiger partial charge on any atom is 0.410 e. The Hall–Kier alpha value is -5.10. The third kappa shape index (κ3) is 7.96. The number of aromatic carboxylic acids is 1. The molecule has 1 unspecified atom stereocenters. The van der Waals surface area contributed by atoms with Crippen molar-refractivity contribution in [3.05, 3.63) is 71.8 Å². The van der Waals surface area contributed by atoms with E-state index in [4.69, 9.17) is 14.2 Å². The Labute approximate surface area is 297 Å². The molecule has 1 saturated heterocycles. The second-order valence-electron chi connectivity index (χ2n) is 14.4. The van der Waals surface area contributed by atoms with Crippen molar-refractivity contribution in [3.8, 4) is 22.6 Å². The zero-order chi connectivity index (χ0) is 36.4. The number of anilines is 2. The minimum atomic E-state index is -1.23. The molecular weight excluding hydrogens is 654 g/mol. The van der Waals surface area contributed by atoms with Crippen molar-refractivity contribution in [1.29, 1.82) is 0 Å². The maximum atomic E-state index is 15.0. The predicted molar refractivity (Wildman–Crippen MR) is 190 cm³/mol. The lowest BCUT2D eigenvalue weighted by Gasteiger charge is -2.41. The number of fused-ring (bicyclic) bond motifs is 1. The summed E-state index contributed by atoms with van der Waals surface area (Å²) in [4.78, 5) is 58.1. The number of hydrogen-bond donors (Lipinski definition) is 2. The Morgan fingerprint density at radius 3 is 2.47 bits per heavy atom. The van der Waals surface area contributed by atoms with E-state index in [-0.39, 0.29) is 48.2 Å². The summed E-state index contributed by atoms with van der Waals surface area (Å²) in [5, 5.41) is 19.7. The predicted octanol–water partition coefficient (Wildman–Crippen LogP) is 6.06. The number of carboxylic acid groups (broad SMARTS) is 1. The average molecular weight is 700 g/mol. The van der Waals surface area contributed by atoms with E-state index >= 15 is 0 Å². The van der Waals surface area contributed by atoms with Gasteiger partial charge < -0.3 is 39.1 Å². The monoisotopic (exact) mass is 699 g/mol. The van der Waals surface area contributed by atoms with E-state index in [9.17, 15) is 29.4 Å². The molecule has 3 amide bonds. The maximum absolute atomic E-state index is 15.0. The Kier molecular flexibility index (Phi) is 10.2. The third-order valence-electron chi connectivity index (χ3n) is 9.50. The molecule has 2 atom stereocenters. The number of likely N-dealkylation sites (tertiary alicyclic amines) is 1. The van der Waals surface area contributed by atoms with Crippen molar-refractivity contribution in [1.82, 2.24) is 4.90 Å². The largest absolute Gasteiger partial charge is 0.507 e. The van der Waals surface area contributed by atoms with Crippen molar-refractivity contribution in [3.63, 3.8) is 0 Å². The third-order valence-corrected chi connectivity index (χ3v) is 9.50. The fourth-order valence-electron chi connectivity index (χ4n) is 6.91. The lowest BCUT2D eigenvalue weighted by molar-refractivity contribution is -0.124. The van der Waals surface area contributed by atoms with Crippen LogP contribution in [0.3, 0.4) is 0 Å². The molecule has 51 heavy (non-hydrogen) atoms. The average Bonchev–Trinajstić information content (AvgIpc) is 3.94. The molecule has 6 rings (SSSR count).